The Morgan fingerprint density at radius 3 is 2.82 bits per heavy atom. The van der Waals surface area contributed by atoms with E-state index < -0.39 is 0 Å². The molecular weight excluding hydrogens is 138 g/mol. The van der Waals surface area contributed by atoms with Gasteiger partial charge >= 0.3 is 0 Å². The first-order valence-corrected chi connectivity index (χ1v) is 4.56. The molecule has 0 radical (unpaired) electrons. The van der Waals surface area contributed by atoms with Crippen molar-refractivity contribution in [3.05, 3.63) is 0 Å². The molecule has 0 aromatic carbocycles. The van der Waals surface area contributed by atoms with Crippen molar-refractivity contribution in [2.24, 2.45) is 11.7 Å². The molecule has 1 rings (SSSR count). The molecule has 0 heterocycles. The maximum absolute atomic E-state index is 9.04. The molecule has 1 saturated carbocycles. The summed E-state index contributed by atoms with van der Waals surface area (Å²) in [5, 5.41) is 9.04. The average molecular weight is 157 g/mol. The Morgan fingerprint density at radius 1 is 1.45 bits per heavy atom. The molecule has 11 heavy (non-hydrogen) atoms. The van der Waals surface area contributed by atoms with Gasteiger partial charge in [0.2, 0.25) is 0 Å². The zero-order chi connectivity index (χ0) is 8.32. The van der Waals surface area contributed by atoms with Crippen molar-refractivity contribution in [1.29, 1.82) is 0 Å². The van der Waals surface area contributed by atoms with Gasteiger partial charge < -0.3 is 10.8 Å². The molecule has 1 fully saturated rings. The lowest BCUT2D eigenvalue weighted by Crippen LogP contribution is -2.42. The molecule has 2 atom stereocenters. The maximum atomic E-state index is 9.04. The van der Waals surface area contributed by atoms with Gasteiger partial charge in [0.1, 0.15) is 0 Å². The van der Waals surface area contributed by atoms with E-state index >= 15 is 0 Å². The smallest absolute Gasteiger partial charge is 0.0611 e. The highest BCUT2D eigenvalue weighted by molar-refractivity contribution is 4.86. The van der Waals surface area contributed by atoms with Crippen LogP contribution < -0.4 is 5.73 Å². The monoisotopic (exact) mass is 157 g/mol. The van der Waals surface area contributed by atoms with E-state index in [2.05, 4.69) is 6.92 Å². The molecule has 1 aliphatic rings. The van der Waals surface area contributed by atoms with Gasteiger partial charge in [0.25, 0.3) is 0 Å². The van der Waals surface area contributed by atoms with E-state index in [4.69, 9.17) is 10.8 Å². The molecule has 0 aromatic rings. The number of aliphatic hydroxyl groups is 1. The van der Waals surface area contributed by atoms with Crippen LogP contribution in [0.25, 0.3) is 0 Å². The van der Waals surface area contributed by atoms with Gasteiger partial charge in [-0.15, -0.1) is 0 Å². The lowest BCUT2D eigenvalue weighted by molar-refractivity contribution is 0.179. The SMILES string of the molecule is CC1CCCC(N)(CO)CC1. The fourth-order valence-electron chi connectivity index (χ4n) is 1.76. The summed E-state index contributed by atoms with van der Waals surface area (Å²) in [5.41, 5.74) is 5.71. The van der Waals surface area contributed by atoms with Crippen LogP contribution in [0.15, 0.2) is 0 Å². The van der Waals surface area contributed by atoms with E-state index in [-0.39, 0.29) is 12.1 Å². The summed E-state index contributed by atoms with van der Waals surface area (Å²) in [6.45, 7) is 2.42. The Hall–Kier alpha value is -0.0800. The van der Waals surface area contributed by atoms with Crippen LogP contribution in [0.3, 0.4) is 0 Å². The highest BCUT2D eigenvalue weighted by atomic mass is 16.3. The Kier molecular flexibility index (Phi) is 2.90. The third-order valence-electron chi connectivity index (χ3n) is 2.82. The van der Waals surface area contributed by atoms with Crippen LogP contribution in [0.4, 0.5) is 0 Å². The molecule has 0 bridgehead atoms. The van der Waals surface area contributed by atoms with Gasteiger partial charge in [-0.1, -0.05) is 19.8 Å². The molecule has 2 unspecified atom stereocenters. The molecule has 2 heteroatoms. The van der Waals surface area contributed by atoms with Crippen LogP contribution in [0.1, 0.15) is 39.0 Å². The van der Waals surface area contributed by atoms with Crippen LogP contribution in [0.5, 0.6) is 0 Å². The summed E-state index contributed by atoms with van der Waals surface area (Å²) in [5.74, 6) is 0.798. The highest BCUT2D eigenvalue weighted by Gasteiger charge is 2.26. The molecule has 1 aliphatic carbocycles. The summed E-state index contributed by atoms with van der Waals surface area (Å²) < 4.78 is 0. The lowest BCUT2D eigenvalue weighted by Gasteiger charge is -2.24. The van der Waals surface area contributed by atoms with Crippen LogP contribution >= 0.6 is 0 Å². The van der Waals surface area contributed by atoms with Crippen LogP contribution in [-0.4, -0.2) is 17.3 Å². The predicted octanol–water partition coefficient (Wildman–Crippen LogP) is 1.28. The van der Waals surface area contributed by atoms with Crippen molar-refractivity contribution in [1.82, 2.24) is 0 Å². The quantitative estimate of drug-likeness (QED) is 0.563. The molecule has 0 saturated heterocycles. The minimum Gasteiger partial charge on any atom is -0.394 e. The molecule has 66 valence electrons. The number of aliphatic hydroxyl groups excluding tert-OH is 1. The van der Waals surface area contributed by atoms with Crippen LogP contribution in [0.2, 0.25) is 0 Å². The summed E-state index contributed by atoms with van der Waals surface area (Å²) in [6, 6.07) is 0. The first kappa shape index (κ1) is 9.01. The maximum Gasteiger partial charge on any atom is 0.0611 e. The van der Waals surface area contributed by atoms with E-state index in [0.717, 1.165) is 18.8 Å². The van der Waals surface area contributed by atoms with E-state index in [1.165, 1.54) is 19.3 Å². The minimum absolute atomic E-state index is 0.153. The first-order valence-electron chi connectivity index (χ1n) is 4.56. The number of hydrogen-bond acceptors (Lipinski definition) is 2. The van der Waals surface area contributed by atoms with E-state index in [0.29, 0.717) is 0 Å². The Balaban J connectivity index is 2.45. The van der Waals surface area contributed by atoms with Gasteiger partial charge in [-0.25, -0.2) is 0 Å². The molecule has 0 amide bonds. The zero-order valence-corrected chi connectivity index (χ0v) is 7.34. The van der Waals surface area contributed by atoms with Gasteiger partial charge in [-0.05, 0) is 25.2 Å². The summed E-state index contributed by atoms with van der Waals surface area (Å²) in [6.07, 6.45) is 5.62. The van der Waals surface area contributed by atoms with Gasteiger partial charge in [0.15, 0.2) is 0 Å². The van der Waals surface area contributed by atoms with Crippen molar-refractivity contribution < 1.29 is 5.11 Å². The molecular formula is C9H19NO. The minimum atomic E-state index is -0.259. The molecule has 3 N–H and O–H groups in total. The van der Waals surface area contributed by atoms with Crippen molar-refractivity contribution in [2.75, 3.05) is 6.61 Å². The van der Waals surface area contributed by atoms with Gasteiger partial charge in [0, 0.05) is 5.54 Å². The fourth-order valence-corrected chi connectivity index (χ4v) is 1.76. The second-order valence-electron chi connectivity index (χ2n) is 4.06. The Morgan fingerprint density at radius 2 is 2.18 bits per heavy atom. The van der Waals surface area contributed by atoms with E-state index in [9.17, 15) is 0 Å². The van der Waals surface area contributed by atoms with Crippen molar-refractivity contribution in [3.63, 3.8) is 0 Å². The number of hydrogen-bond donors (Lipinski definition) is 2. The Bertz CT molecular complexity index is 127. The summed E-state index contributed by atoms with van der Waals surface area (Å²) in [4.78, 5) is 0. The molecule has 0 aliphatic heterocycles. The lowest BCUT2D eigenvalue weighted by atomic mass is 9.92. The fraction of sp³-hybridized carbons (Fsp3) is 1.00. The standard InChI is InChI=1S/C9H19NO/c1-8-3-2-5-9(10,7-11)6-4-8/h8,11H,2-7,10H2,1H3. The van der Waals surface area contributed by atoms with Crippen molar-refractivity contribution in [3.8, 4) is 0 Å². The molecule has 0 aromatic heterocycles. The second kappa shape index (κ2) is 3.55. The number of rotatable bonds is 1. The van der Waals surface area contributed by atoms with E-state index in [1.807, 2.05) is 0 Å². The number of nitrogens with two attached hydrogens (primary N) is 1. The first-order chi connectivity index (χ1) is 5.16. The highest BCUT2D eigenvalue weighted by Crippen LogP contribution is 2.27. The van der Waals surface area contributed by atoms with Gasteiger partial charge in [-0.3, -0.25) is 0 Å². The normalized spacial score (nSPS) is 40.1. The molecule has 0 spiro atoms. The van der Waals surface area contributed by atoms with E-state index in [1.54, 1.807) is 0 Å². The second-order valence-corrected chi connectivity index (χ2v) is 4.06. The zero-order valence-electron chi connectivity index (χ0n) is 7.34. The van der Waals surface area contributed by atoms with Crippen molar-refractivity contribution in [2.45, 2.75) is 44.6 Å². The molecule has 2 nitrogen and oxygen atoms in total. The topological polar surface area (TPSA) is 46.2 Å². The largest absolute Gasteiger partial charge is 0.394 e. The predicted molar refractivity (Wildman–Crippen MR) is 46.3 cm³/mol. The van der Waals surface area contributed by atoms with Gasteiger partial charge in [0.05, 0.1) is 6.61 Å². The summed E-state index contributed by atoms with van der Waals surface area (Å²) >= 11 is 0. The third kappa shape index (κ3) is 2.46. The third-order valence-corrected chi connectivity index (χ3v) is 2.82. The summed E-state index contributed by atoms with van der Waals surface area (Å²) in [7, 11) is 0. The average Bonchev–Trinajstić information content (AvgIpc) is 2.15. The van der Waals surface area contributed by atoms with Crippen LogP contribution in [-0.2, 0) is 0 Å². The van der Waals surface area contributed by atoms with Gasteiger partial charge in [-0.2, -0.15) is 0 Å². The van der Waals surface area contributed by atoms with Crippen molar-refractivity contribution >= 4 is 0 Å². The Labute approximate surface area is 68.8 Å². The van der Waals surface area contributed by atoms with Crippen LogP contribution in [0, 0.1) is 5.92 Å².